The van der Waals surface area contributed by atoms with Crippen LogP contribution >= 0.6 is 0 Å². The minimum atomic E-state index is -0.549. The van der Waals surface area contributed by atoms with Gasteiger partial charge in [0, 0.05) is 28.4 Å². The Labute approximate surface area is 441 Å². The topological polar surface area (TPSA) is 6.48 Å². The molecular formula is C73H54N2. The average molecular weight is 959 g/mol. The molecule has 11 aromatic rings. The fourth-order valence-electron chi connectivity index (χ4n) is 11.7. The first-order valence-electron chi connectivity index (χ1n) is 26.1. The minimum Gasteiger partial charge on any atom is -0.334 e. The fraction of sp³-hybridized carbons (Fsp3) is 0.0411. The summed E-state index contributed by atoms with van der Waals surface area (Å²) in [4.78, 5) is 4.90. The van der Waals surface area contributed by atoms with Crippen molar-refractivity contribution in [2.24, 2.45) is 0 Å². The van der Waals surface area contributed by atoms with Crippen LogP contribution in [0.2, 0.25) is 0 Å². The second-order valence-electron chi connectivity index (χ2n) is 19.6. The lowest BCUT2D eigenvalue weighted by Gasteiger charge is -2.39. The zero-order valence-corrected chi connectivity index (χ0v) is 41.6. The molecule has 0 fully saturated rings. The van der Waals surface area contributed by atoms with Gasteiger partial charge in [-0.1, -0.05) is 249 Å². The monoisotopic (exact) mass is 958 g/mol. The van der Waals surface area contributed by atoms with Crippen molar-refractivity contribution < 1.29 is 0 Å². The molecule has 0 amide bonds. The lowest BCUT2D eigenvalue weighted by molar-refractivity contribution is 0.720. The van der Waals surface area contributed by atoms with Crippen molar-refractivity contribution in [3.05, 3.63) is 332 Å². The lowest BCUT2D eigenvalue weighted by atomic mass is 9.66. The molecule has 0 spiro atoms. The van der Waals surface area contributed by atoms with Crippen molar-refractivity contribution in [2.75, 3.05) is 9.80 Å². The number of rotatable bonds is 12. The van der Waals surface area contributed by atoms with Gasteiger partial charge in [-0.05, 0) is 145 Å². The SMILES string of the molecule is C1=CC(N(c2ccc(-c3ccccc3)cc2)c2ccc(-c3ccccc3)cc2)CC=C1C1(c2ccc(N(c3ccc(-c4ccccc4)cc3)c3ccc(-c4ccccc4)cc3)cc2)c2ccccc2-c2ccccc21. The van der Waals surface area contributed by atoms with Crippen molar-refractivity contribution in [3.63, 3.8) is 0 Å². The number of fused-ring (bicyclic) bond motifs is 3. The van der Waals surface area contributed by atoms with Crippen LogP contribution in [0.1, 0.15) is 23.1 Å². The highest BCUT2D eigenvalue weighted by Crippen LogP contribution is 2.57. The van der Waals surface area contributed by atoms with Gasteiger partial charge in [0.15, 0.2) is 0 Å². The number of hydrogen-bond acceptors (Lipinski definition) is 2. The molecule has 356 valence electrons. The van der Waals surface area contributed by atoms with Gasteiger partial charge < -0.3 is 9.80 Å². The van der Waals surface area contributed by atoms with Crippen molar-refractivity contribution >= 4 is 28.4 Å². The molecule has 0 aliphatic heterocycles. The van der Waals surface area contributed by atoms with E-state index in [1.807, 2.05) is 0 Å². The zero-order chi connectivity index (χ0) is 50.0. The maximum Gasteiger partial charge on any atom is 0.0710 e. The van der Waals surface area contributed by atoms with Crippen LogP contribution in [0.15, 0.2) is 315 Å². The molecule has 2 nitrogen and oxygen atoms in total. The van der Waals surface area contributed by atoms with E-state index in [1.54, 1.807) is 0 Å². The summed E-state index contributed by atoms with van der Waals surface area (Å²) in [6.07, 6.45) is 8.23. The number of hydrogen-bond donors (Lipinski definition) is 0. The van der Waals surface area contributed by atoms with Crippen LogP contribution in [-0.2, 0) is 5.41 Å². The maximum absolute atomic E-state index is 2.52. The minimum absolute atomic E-state index is 0.0698. The smallest absolute Gasteiger partial charge is 0.0710 e. The van der Waals surface area contributed by atoms with E-state index < -0.39 is 5.41 Å². The molecule has 0 radical (unpaired) electrons. The van der Waals surface area contributed by atoms with Gasteiger partial charge in [0.25, 0.3) is 0 Å². The van der Waals surface area contributed by atoms with E-state index in [-0.39, 0.29) is 6.04 Å². The largest absolute Gasteiger partial charge is 0.334 e. The van der Waals surface area contributed by atoms with Crippen molar-refractivity contribution in [1.29, 1.82) is 0 Å². The van der Waals surface area contributed by atoms with Gasteiger partial charge >= 0.3 is 0 Å². The average Bonchev–Trinajstić information content (AvgIpc) is 3.92. The Hall–Kier alpha value is -9.50. The molecule has 1 unspecified atom stereocenters. The van der Waals surface area contributed by atoms with E-state index in [0.29, 0.717) is 0 Å². The first-order chi connectivity index (χ1) is 37.2. The Bertz CT molecular complexity index is 3580. The Morgan fingerprint density at radius 1 is 0.293 bits per heavy atom. The Balaban J connectivity index is 0.897. The third-order valence-electron chi connectivity index (χ3n) is 15.3. The third-order valence-corrected chi connectivity index (χ3v) is 15.3. The van der Waals surface area contributed by atoms with Crippen LogP contribution in [0.5, 0.6) is 0 Å². The quantitative estimate of drug-likeness (QED) is 0.120. The molecule has 0 saturated heterocycles. The van der Waals surface area contributed by atoms with Crippen LogP contribution in [0.3, 0.4) is 0 Å². The molecule has 0 aromatic heterocycles. The van der Waals surface area contributed by atoms with Gasteiger partial charge in [-0.3, -0.25) is 0 Å². The van der Waals surface area contributed by atoms with E-state index >= 15 is 0 Å². The molecule has 0 N–H and O–H groups in total. The molecule has 13 rings (SSSR count). The van der Waals surface area contributed by atoms with E-state index in [9.17, 15) is 0 Å². The van der Waals surface area contributed by atoms with Crippen molar-refractivity contribution in [1.82, 2.24) is 0 Å². The molecular weight excluding hydrogens is 905 g/mol. The first kappa shape index (κ1) is 45.4. The summed E-state index contributed by atoms with van der Waals surface area (Å²) < 4.78 is 0. The third kappa shape index (κ3) is 8.47. The second kappa shape index (κ2) is 19.8. The number of nitrogens with zero attached hydrogens (tertiary/aromatic N) is 2. The van der Waals surface area contributed by atoms with Crippen molar-refractivity contribution in [2.45, 2.75) is 17.9 Å². The number of benzene rings is 11. The predicted octanol–water partition coefficient (Wildman–Crippen LogP) is 19.2. The number of anilines is 5. The van der Waals surface area contributed by atoms with Crippen LogP contribution < -0.4 is 9.80 Å². The summed E-state index contributed by atoms with van der Waals surface area (Å²) in [5.74, 6) is 0. The van der Waals surface area contributed by atoms with Crippen molar-refractivity contribution in [3.8, 4) is 55.6 Å². The summed E-state index contributed by atoms with van der Waals surface area (Å²) in [5.41, 5.74) is 22.4. The molecule has 1 atom stereocenters. The summed E-state index contributed by atoms with van der Waals surface area (Å²) in [7, 11) is 0. The van der Waals surface area contributed by atoms with Gasteiger partial charge in [0.05, 0.1) is 11.5 Å². The molecule has 0 bridgehead atoms. The van der Waals surface area contributed by atoms with Crippen LogP contribution in [0.25, 0.3) is 55.6 Å². The maximum atomic E-state index is 2.52. The summed E-state index contributed by atoms with van der Waals surface area (Å²) in [5, 5.41) is 0. The van der Waals surface area contributed by atoms with Gasteiger partial charge in [-0.15, -0.1) is 0 Å². The second-order valence-corrected chi connectivity index (χ2v) is 19.6. The van der Waals surface area contributed by atoms with Crippen LogP contribution in [-0.4, -0.2) is 6.04 Å². The molecule has 11 aromatic carbocycles. The highest BCUT2D eigenvalue weighted by atomic mass is 15.2. The highest BCUT2D eigenvalue weighted by molar-refractivity contribution is 5.88. The summed E-state index contributed by atoms with van der Waals surface area (Å²) in [6, 6.07) is 106. The molecule has 75 heavy (non-hydrogen) atoms. The number of allylic oxidation sites excluding steroid dienone is 2. The van der Waals surface area contributed by atoms with Gasteiger partial charge in [-0.25, -0.2) is 0 Å². The zero-order valence-electron chi connectivity index (χ0n) is 41.6. The standard InChI is InChI=1S/C73H54N2/c1-5-17-53(18-6-1)57-29-41-63(42-30-57)74(64-43-31-58(32-44-64)54-19-7-2-8-20-54)67-49-37-61(38-50-67)73(71-27-15-13-25-69(71)70-26-14-16-28-72(70)73)62-39-51-68(52-40-62)75(65-45-33-59(34-46-65)55-21-9-3-10-22-55)66-47-35-60(36-48-66)56-23-11-4-12-24-56/h1-51,68H,52H2. The van der Waals surface area contributed by atoms with E-state index in [4.69, 9.17) is 0 Å². The lowest BCUT2D eigenvalue weighted by Crippen LogP contribution is -2.34. The van der Waals surface area contributed by atoms with Crippen LogP contribution in [0, 0.1) is 0 Å². The summed E-state index contributed by atoms with van der Waals surface area (Å²) >= 11 is 0. The van der Waals surface area contributed by atoms with Gasteiger partial charge in [0.1, 0.15) is 0 Å². The molecule has 2 aliphatic rings. The van der Waals surface area contributed by atoms with Gasteiger partial charge in [0.2, 0.25) is 0 Å². The van der Waals surface area contributed by atoms with E-state index in [1.165, 1.54) is 77.9 Å². The van der Waals surface area contributed by atoms with Crippen LogP contribution in [0.4, 0.5) is 28.4 Å². The Morgan fingerprint density at radius 3 is 0.947 bits per heavy atom. The van der Waals surface area contributed by atoms with E-state index in [0.717, 1.165) is 34.9 Å². The first-order valence-corrected chi connectivity index (χ1v) is 26.1. The highest BCUT2D eigenvalue weighted by Gasteiger charge is 2.47. The Morgan fingerprint density at radius 2 is 0.600 bits per heavy atom. The van der Waals surface area contributed by atoms with E-state index in [2.05, 4.69) is 319 Å². The van der Waals surface area contributed by atoms with Gasteiger partial charge in [-0.2, -0.15) is 0 Å². The molecule has 2 aliphatic carbocycles. The normalized spacial score (nSPS) is 14.1. The molecule has 0 heterocycles. The predicted molar refractivity (Wildman–Crippen MR) is 315 cm³/mol. The Kier molecular flexibility index (Phi) is 12.0. The fourth-order valence-corrected chi connectivity index (χ4v) is 11.7. The summed E-state index contributed by atoms with van der Waals surface area (Å²) in [6.45, 7) is 0. The molecule has 0 saturated carbocycles. The molecule has 2 heteroatoms.